The summed E-state index contributed by atoms with van der Waals surface area (Å²) in [6.07, 6.45) is 13.5. The number of amides is 1. The van der Waals surface area contributed by atoms with Crippen LogP contribution in [0.25, 0.3) is 0 Å². The Morgan fingerprint density at radius 2 is 2.13 bits per heavy atom. The van der Waals surface area contributed by atoms with Crippen molar-refractivity contribution < 1.29 is 4.79 Å². The van der Waals surface area contributed by atoms with Crippen LogP contribution in [0, 0.1) is 5.92 Å². The molecular formula is C18H30N4O. The van der Waals surface area contributed by atoms with Crippen LogP contribution in [0.4, 0.5) is 0 Å². The molecule has 0 aromatic carbocycles. The van der Waals surface area contributed by atoms with Gasteiger partial charge in [0, 0.05) is 19.3 Å². The lowest BCUT2D eigenvalue weighted by Crippen LogP contribution is -2.32. The van der Waals surface area contributed by atoms with Crippen molar-refractivity contribution in [3.8, 4) is 0 Å². The van der Waals surface area contributed by atoms with Gasteiger partial charge in [-0.3, -0.25) is 9.48 Å². The van der Waals surface area contributed by atoms with Crippen molar-refractivity contribution in [2.24, 2.45) is 5.92 Å². The van der Waals surface area contributed by atoms with E-state index in [1.165, 1.54) is 44.9 Å². The van der Waals surface area contributed by atoms with Gasteiger partial charge >= 0.3 is 0 Å². The highest BCUT2D eigenvalue weighted by atomic mass is 16.1. The van der Waals surface area contributed by atoms with Crippen LogP contribution in [0.1, 0.15) is 74.3 Å². The van der Waals surface area contributed by atoms with Crippen molar-refractivity contribution in [2.45, 2.75) is 63.8 Å². The van der Waals surface area contributed by atoms with Crippen LogP contribution in [-0.4, -0.2) is 35.3 Å². The van der Waals surface area contributed by atoms with Crippen LogP contribution in [-0.2, 0) is 0 Å². The summed E-state index contributed by atoms with van der Waals surface area (Å²) >= 11 is 0. The van der Waals surface area contributed by atoms with Crippen LogP contribution < -0.4 is 10.6 Å². The molecule has 1 atom stereocenters. The molecule has 2 N–H and O–H groups in total. The van der Waals surface area contributed by atoms with E-state index in [1.807, 2.05) is 16.9 Å². The Hall–Kier alpha value is -1.36. The van der Waals surface area contributed by atoms with Crippen LogP contribution in [0.2, 0.25) is 0 Å². The highest BCUT2D eigenvalue weighted by Gasteiger charge is 2.18. The van der Waals surface area contributed by atoms with Gasteiger partial charge in [0.05, 0.1) is 6.04 Å². The van der Waals surface area contributed by atoms with E-state index in [0.29, 0.717) is 11.7 Å². The molecule has 2 fully saturated rings. The molecule has 23 heavy (non-hydrogen) atoms. The highest BCUT2D eigenvalue weighted by Crippen LogP contribution is 2.26. The first-order chi connectivity index (χ1) is 11.3. The molecule has 1 aromatic rings. The van der Waals surface area contributed by atoms with Gasteiger partial charge in [-0.15, -0.1) is 0 Å². The molecule has 1 aliphatic heterocycles. The van der Waals surface area contributed by atoms with Gasteiger partial charge in [-0.25, -0.2) is 0 Å². The molecular weight excluding hydrogens is 288 g/mol. The molecule has 0 bridgehead atoms. The van der Waals surface area contributed by atoms with Gasteiger partial charge in [-0.1, -0.05) is 32.1 Å². The first-order valence-corrected chi connectivity index (χ1v) is 9.37. The molecule has 2 heterocycles. The lowest BCUT2D eigenvalue weighted by atomic mass is 9.86. The molecule has 1 saturated heterocycles. The average molecular weight is 318 g/mol. The summed E-state index contributed by atoms with van der Waals surface area (Å²) in [6, 6.07) is 2.22. The van der Waals surface area contributed by atoms with Crippen molar-refractivity contribution >= 4 is 5.91 Å². The summed E-state index contributed by atoms with van der Waals surface area (Å²) in [5.74, 6) is 0.856. The summed E-state index contributed by atoms with van der Waals surface area (Å²) < 4.78 is 1.95. The zero-order valence-corrected chi connectivity index (χ0v) is 14.1. The summed E-state index contributed by atoms with van der Waals surface area (Å²) in [5, 5.41) is 10.9. The second-order valence-electron chi connectivity index (χ2n) is 7.08. The molecule has 3 rings (SSSR count). The number of piperidine rings is 1. The van der Waals surface area contributed by atoms with Gasteiger partial charge in [0.2, 0.25) is 0 Å². The SMILES string of the molecule is O=C(NCCCC1CCCCC1)c1ccn(C2CCCNC2)n1. The van der Waals surface area contributed by atoms with Gasteiger partial charge < -0.3 is 10.6 Å². The standard InChI is InChI=1S/C18H30N4O/c23-18(20-12-4-8-15-6-2-1-3-7-15)17-10-13-22(21-17)16-9-5-11-19-14-16/h10,13,15-16,19H,1-9,11-12,14H2,(H,20,23). The number of carbonyl (C=O) groups excluding carboxylic acids is 1. The van der Waals surface area contributed by atoms with Gasteiger partial charge in [0.15, 0.2) is 0 Å². The third kappa shape index (κ3) is 4.80. The summed E-state index contributed by atoms with van der Waals surface area (Å²) in [5.41, 5.74) is 0.549. The van der Waals surface area contributed by atoms with Crippen LogP contribution in [0.3, 0.4) is 0 Å². The Morgan fingerprint density at radius 3 is 2.91 bits per heavy atom. The van der Waals surface area contributed by atoms with E-state index in [-0.39, 0.29) is 5.91 Å². The molecule has 1 aliphatic carbocycles. The first-order valence-electron chi connectivity index (χ1n) is 9.37. The molecule has 2 aliphatic rings. The Balaban J connectivity index is 1.38. The lowest BCUT2D eigenvalue weighted by molar-refractivity contribution is 0.0945. The van der Waals surface area contributed by atoms with E-state index in [0.717, 1.165) is 38.4 Å². The lowest BCUT2D eigenvalue weighted by Gasteiger charge is -2.22. The third-order valence-corrected chi connectivity index (χ3v) is 5.29. The summed E-state index contributed by atoms with van der Waals surface area (Å²) in [7, 11) is 0. The molecule has 0 spiro atoms. The Bertz CT molecular complexity index is 487. The number of carbonyl (C=O) groups is 1. The van der Waals surface area contributed by atoms with E-state index in [1.54, 1.807) is 0 Å². The van der Waals surface area contributed by atoms with Crippen molar-refractivity contribution in [3.63, 3.8) is 0 Å². The normalized spacial score (nSPS) is 22.9. The van der Waals surface area contributed by atoms with Crippen molar-refractivity contribution in [1.82, 2.24) is 20.4 Å². The maximum atomic E-state index is 12.2. The molecule has 0 radical (unpaired) electrons. The predicted molar refractivity (Wildman–Crippen MR) is 91.5 cm³/mol. The molecule has 1 unspecified atom stereocenters. The van der Waals surface area contributed by atoms with Crippen LogP contribution in [0.5, 0.6) is 0 Å². The maximum Gasteiger partial charge on any atom is 0.271 e. The van der Waals surface area contributed by atoms with Gasteiger partial charge in [-0.05, 0) is 44.2 Å². The monoisotopic (exact) mass is 318 g/mol. The van der Waals surface area contributed by atoms with Crippen molar-refractivity contribution in [3.05, 3.63) is 18.0 Å². The summed E-state index contributed by atoms with van der Waals surface area (Å²) in [4.78, 5) is 12.2. The van der Waals surface area contributed by atoms with Gasteiger partial charge in [0.1, 0.15) is 5.69 Å². The number of nitrogens with zero attached hydrogens (tertiary/aromatic N) is 2. The second-order valence-corrected chi connectivity index (χ2v) is 7.08. The summed E-state index contributed by atoms with van der Waals surface area (Å²) in [6.45, 7) is 2.81. The Morgan fingerprint density at radius 1 is 1.26 bits per heavy atom. The third-order valence-electron chi connectivity index (χ3n) is 5.29. The maximum absolute atomic E-state index is 12.2. The smallest absolute Gasteiger partial charge is 0.271 e. The number of rotatable bonds is 6. The number of nitrogens with one attached hydrogen (secondary N) is 2. The van der Waals surface area contributed by atoms with Crippen LogP contribution in [0.15, 0.2) is 12.3 Å². The first kappa shape index (κ1) is 16.5. The fourth-order valence-corrected chi connectivity index (χ4v) is 3.88. The fourth-order valence-electron chi connectivity index (χ4n) is 3.88. The number of hydrogen-bond donors (Lipinski definition) is 2. The minimum absolute atomic E-state index is 0.0313. The molecule has 1 aromatic heterocycles. The topological polar surface area (TPSA) is 59.0 Å². The molecule has 1 saturated carbocycles. The zero-order chi connectivity index (χ0) is 15.9. The van der Waals surface area contributed by atoms with Crippen LogP contribution >= 0.6 is 0 Å². The molecule has 1 amide bonds. The minimum Gasteiger partial charge on any atom is -0.351 e. The zero-order valence-electron chi connectivity index (χ0n) is 14.1. The van der Waals surface area contributed by atoms with E-state index in [2.05, 4.69) is 15.7 Å². The van der Waals surface area contributed by atoms with Crippen molar-refractivity contribution in [2.75, 3.05) is 19.6 Å². The second kappa shape index (κ2) is 8.48. The van der Waals surface area contributed by atoms with E-state index < -0.39 is 0 Å². The minimum atomic E-state index is -0.0313. The average Bonchev–Trinajstić information content (AvgIpc) is 3.10. The Kier molecular flexibility index (Phi) is 6.08. The van der Waals surface area contributed by atoms with Crippen molar-refractivity contribution in [1.29, 1.82) is 0 Å². The number of aromatic nitrogens is 2. The molecule has 128 valence electrons. The van der Waals surface area contributed by atoms with E-state index >= 15 is 0 Å². The van der Waals surface area contributed by atoms with E-state index in [9.17, 15) is 4.79 Å². The Labute approximate surface area is 139 Å². The largest absolute Gasteiger partial charge is 0.351 e. The fraction of sp³-hybridized carbons (Fsp3) is 0.778. The molecule has 5 nitrogen and oxygen atoms in total. The van der Waals surface area contributed by atoms with Gasteiger partial charge in [0.25, 0.3) is 5.91 Å². The predicted octanol–water partition coefficient (Wildman–Crippen LogP) is 2.90. The van der Waals surface area contributed by atoms with E-state index in [4.69, 9.17) is 0 Å². The quantitative estimate of drug-likeness (QED) is 0.793. The molecule has 5 heteroatoms. The highest BCUT2D eigenvalue weighted by molar-refractivity contribution is 5.92. The number of hydrogen-bond acceptors (Lipinski definition) is 3. The van der Waals surface area contributed by atoms with Gasteiger partial charge in [-0.2, -0.15) is 5.10 Å².